The summed E-state index contributed by atoms with van der Waals surface area (Å²) >= 11 is 8.03. The zero-order chi connectivity index (χ0) is 14.2. The summed E-state index contributed by atoms with van der Waals surface area (Å²) in [5.74, 6) is 0.613. The first-order chi connectivity index (χ1) is 10.3. The Morgan fingerprint density at radius 2 is 2.14 bits per heavy atom. The maximum atomic E-state index is 6.25. The number of nitrogens with zero attached hydrogens (tertiary/aromatic N) is 2. The van der Waals surface area contributed by atoms with Gasteiger partial charge in [-0.1, -0.05) is 11.6 Å². The van der Waals surface area contributed by atoms with Crippen LogP contribution in [0, 0.1) is 0 Å². The van der Waals surface area contributed by atoms with Gasteiger partial charge in [-0.05, 0) is 31.0 Å². The lowest BCUT2D eigenvalue weighted by molar-refractivity contribution is 0.504. The third-order valence-corrected chi connectivity index (χ3v) is 5.40. The van der Waals surface area contributed by atoms with Crippen molar-refractivity contribution >= 4 is 39.5 Å². The fraction of sp³-hybridized carbons (Fsp3) is 0.312. The van der Waals surface area contributed by atoms with Crippen molar-refractivity contribution in [3.8, 4) is 0 Å². The van der Waals surface area contributed by atoms with Crippen molar-refractivity contribution in [2.75, 3.05) is 18.0 Å². The van der Waals surface area contributed by atoms with E-state index in [1.807, 2.05) is 18.5 Å². The summed E-state index contributed by atoms with van der Waals surface area (Å²) in [6.45, 7) is 2.12. The highest BCUT2D eigenvalue weighted by Crippen LogP contribution is 2.35. The van der Waals surface area contributed by atoms with Crippen LogP contribution >= 0.6 is 22.9 Å². The van der Waals surface area contributed by atoms with Crippen molar-refractivity contribution in [3.63, 3.8) is 0 Å². The van der Waals surface area contributed by atoms with Crippen LogP contribution < -0.4 is 4.90 Å². The number of nitrogens with one attached hydrogen (secondary N) is 1. The van der Waals surface area contributed by atoms with Gasteiger partial charge in [-0.15, -0.1) is 11.3 Å². The smallest absolute Gasteiger partial charge is 0.0957 e. The van der Waals surface area contributed by atoms with E-state index in [9.17, 15) is 0 Å². The van der Waals surface area contributed by atoms with Crippen LogP contribution in [-0.2, 0) is 0 Å². The molecular formula is C16H16ClN3S. The first-order valence-corrected chi connectivity index (χ1v) is 8.48. The van der Waals surface area contributed by atoms with Crippen molar-refractivity contribution in [2.45, 2.75) is 18.8 Å². The quantitative estimate of drug-likeness (QED) is 0.745. The summed E-state index contributed by atoms with van der Waals surface area (Å²) in [4.78, 5) is 10.2. The van der Waals surface area contributed by atoms with Gasteiger partial charge in [0.25, 0.3) is 0 Å². The highest BCUT2D eigenvalue weighted by atomic mass is 35.5. The molecule has 5 heteroatoms. The minimum Gasteiger partial charge on any atom is -0.371 e. The maximum absolute atomic E-state index is 6.25. The van der Waals surface area contributed by atoms with Crippen molar-refractivity contribution in [1.29, 1.82) is 0 Å². The Hall–Kier alpha value is -1.52. The second kappa shape index (κ2) is 5.35. The summed E-state index contributed by atoms with van der Waals surface area (Å²) in [7, 11) is 0. The van der Waals surface area contributed by atoms with Crippen LogP contribution in [-0.4, -0.2) is 23.1 Å². The lowest BCUT2D eigenvalue weighted by atomic mass is 9.97. The molecule has 1 saturated heterocycles. The number of rotatable bonds is 2. The number of H-pyrrole nitrogens is 1. The van der Waals surface area contributed by atoms with E-state index in [-0.39, 0.29) is 0 Å². The maximum Gasteiger partial charge on any atom is 0.0957 e. The van der Waals surface area contributed by atoms with Gasteiger partial charge in [0.2, 0.25) is 0 Å². The van der Waals surface area contributed by atoms with Crippen LogP contribution in [0.2, 0.25) is 5.02 Å². The molecule has 3 nitrogen and oxygen atoms in total. The van der Waals surface area contributed by atoms with Gasteiger partial charge in [-0.2, -0.15) is 0 Å². The Labute approximate surface area is 132 Å². The molecule has 108 valence electrons. The number of hydrogen-bond donors (Lipinski definition) is 1. The molecule has 1 N–H and O–H groups in total. The van der Waals surface area contributed by atoms with Crippen LogP contribution in [0.25, 0.3) is 10.9 Å². The SMILES string of the molecule is Clc1cc(N2CCC(c3nccs3)CC2)c2cc[nH]c2c1. The molecule has 0 amide bonds. The number of halogens is 1. The van der Waals surface area contributed by atoms with Crippen molar-refractivity contribution < 1.29 is 0 Å². The Bertz CT molecular complexity index is 742. The van der Waals surface area contributed by atoms with Crippen LogP contribution in [0.4, 0.5) is 5.69 Å². The number of piperidine rings is 1. The average molecular weight is 318 g/mol. The topological polar surface area (TPSA) is 31.9 Å². The molecule has 0 saturated carbocycles. The lowest BCUT2D eigenvalue weighted by Crippen LogP contribution is -2.32. The van der Waals surface area contributed by atoms with E-state index in [0.717, 1.165) is 36.5 Å². The van der Waals surface area contributed by atoms with Crippen molar-refractivity contribution in [2.24, 2.45) is 0 Å². The molecular weight excluding hydrogens is 302 g/mol. The second-order valence-corrected chi connectivity index (χ2v) is 6.86. The molecule has 4 rings (SSSR count). The molecule has 0 atom stereocenters. The van der Waals surface area contributed by atoms with Crippen molar-refractivity contribution in [3.05, 3.63) is 46.0 Å². The molecule has 21 heavy (non-hydrogen) atoms. The van der Waals surface area contributed by atoms with Gasteiger partial charge in [0.1, 0.15) is 0 Å². The van der Waals surface area contributed by atoms with Gasteiger partial charge >= 0.3 is 0 Å². The van der Waals surface area contributed by atoms with E-state index < -0.39 is 0 Å². The number of thiazole rings is 1. The fourth-order valence-corrected chi connectivity index (χ4v) is 4.20. The summed E-state index contributed by atoms with van der Waals surface area (Å²) in [6, 6.07) is 6.21. The molecule has 1 aliphatic heterocycles. The zero-order valence-electron chi connectivity index (χ0n) is 11.6. The van der Waals surface area contributed by atoms with Crippen LogP contribution in [0.3, 0.4) is 0 Å². The highest BCUT2D eigenvalue weighted by molar-refractivity contribution is 7.09. The highest BCUT2D eigenvalue weighted by Gasteiger charge is 2.23. The fourth-order valence-electron chi connectivity index (χ4n) is 3.18. The molecule has 0 radical (unpaired) electrons. The van der Waals surface area contributed by atoms with E-state index in [4.69, 9.17) is 11.6 Å². The number of aromatic amines is 1. The lowest BCUT2D eigenvalue weighted by Gasteiger charge is -2.33. The number of benzene rings is 1. The molecule has 1 aromatic carbocycles. The molecule has 1 fully saturated rings. The number of aromatic nitrogens is 2. The molecule has 1 aliphatic rings. The number of fused-ring (bicyclic) bond motifs is 1. The Kier molecular flexibility index (Phi) is 3.36. The predicted molar refractivity (Wildman–Crippen MR) is 89.6 cm³/mol. The third kappa shape index (κ3) is 2.43. The molecule has 0 aliphatic carbocycles. The van der Waals surface area contributed by atoms with Gasteiger partial charge < -0.3 is 9.88 Å². The van der Waals surface area contributed by atoms with Gasteiger partial charge in [-0.3, -0.25) is 0 Å². The summed E-state index contributed by atoms with van der Waals surface area (Å²) < 4.78 is 0. The molecule has 0 bridgehead atoms. The normalized spacial score (nSPS) is 16.7. The summed E-state index contributed by atoms with van der Waals surface area (Å²) in [5.41, 5.74) is 2.36. The van der Waals surface area contributed by atoms with Gasteiger partial charge in [0.15, 0.2) is 0 Å². The minimum atomic E-state index is 0.613. The predicted octanol–water partition coefficient (Wildman–Crippen LogP) is 4.66. The Morgan fingerprint density at radius 3 is 2.90 bits per heavy atom. The van der Waals surface area contributed by atoms with E-state index in [0.29, 0.717) is 5.92 Å². The van der Waals surface area contributed by atoms with E-state index >= 15 is 0 Å². The zero-order valence-corrected chi connectivity index (χ0v) is 13.1. The van der Waals surface area contributed by atoms with Crippen LogP contribution in [0.15, 0.2) is 36.0 Å². The summed E-state index contributed by atoms with van der Waals surface area (Å²) in [5, 5.41) is 5.41. The van der Waals surface area contributed by atoms with E-state index in [2.05, 4.69) is 32.4 Å². The monoisotopic (exact) mass is 317 g/mol. The Balaban J connectivity index is 1.59. The van der Waals surface area contributed by atoms with Gasteiger partial charge in [0.05, 0.1) is 5.01 Å². The molecule has 2 aromatic heterocycles. The van der Waals surface area contributed by atoms with Gasteiger partial charge in [-0.25, -0.2) is 4.98 Å². The Morgan fingerprint density at radius 1 is 1.29 bits per heavy atom. The first-order valence-electron chi connectivity index (χ1n) is 7.22. The standard InChI is InChI=1S/C16H16ClN3S/c17-12-9-14-13(1-4-18-14)15(10-12)20-6-2-11(3-7-20)16-19-5-8-21-16/h1,4-5,8-11,18H,2-3,6-7H2. The van der Waals surface area contributed by atoms with E-state index in [1.54, 1.807) is 11.3 Å². The van der Waals surface area contributed by atoms with Crippen LogP contribution in [0.1, 0.15) is 23.8 Å². The number of anilines is 1. The van der Waals surface area contributed by atoms with Crippen LogP contribution in [0.5, 0.6) is 0 Å². The van der Waals surface area contributed by atoms with Gasteiger partial charge in [0, 0.05) is 58.4 Å². The van der Waals surface area contributed by atoms with E-state index in [1.165, 1.54) is 16.1 Å². The minimum absolute atomic E-state index is 0.613. The first kappa shape index (κ1) is 13.2. The molecule has 3 aromatic rings. The third-order valence-electron chi connectivity index (χ3n) is 4.25. The number of hydrogen-bond acceptors (Lipinski definition) is 3. The molecule has 3 heterocycles. The molecule has 0 unspecified atom stereocenters. The largest absolute Gasteiger partial charge is 0.371 e. The average Bonchev–Trinajstić information content (AvgIpc) is 3.17. The summed E-state index contributed by atoms with van der Waals surface area (Å²) in [6.07, 6.45) is 6.21. The molecule has 0 spiro atoms. The second-order valence-electron chi connectivity index (χ2n) is 5.50. The van der Waals surface area contributed by atoms with Crippen molar-refractivity contribution in [1.82, 2.24) is 9.97 Å².